The van der Waals surface area contributed by atoms with E-state index >= 15 is 0 Å². The summed E-state index contributed by atoms with van der Waals surface area (Å²) in [5.74, 6) is -0.823. The Morgan fingerprint density at radius 3 is 2.62 bits per heavy atom. The quantitative estimate of drug-likeness (QED) is 0.759. The number of carbonyl (C=O) groups excluding carboxylic acids is 2. The van der Waals surface area contributed by atoms with E-state index in [1.807, 2.05) is 23.1 Å². The molecule has 1 atom stereocenters. The second kappa shape index (κ2) is 8.47. The average molecular weight is 357 g/mol. The van der Waals surface area contributed by atoms with Crippen molar-refractivity contribution < 1.29 is 19.5 Å². The molecule has 1 unspecified atom stereocenters. The molecular formula is C21H27NO4. The van der Waals surface area contributed by atoms with Crippen LogP contribution >= 0.6 is 0 Å². The summed E-state index contributed by atoms with van der Waals surface area (Å²) >= 11 is 0. The third-order valence-corrected chi connectivity index (χ3v) is 5.63. The number of ketones is 1. The Balaban J connectivity index is 1.55. The van der Waals surface area contributed by atoms with Crippen molar-refractivity contribution >= 4 is 17.7 Å². The zero-order valence-corrected chi connectivity index (χ0v) is 15.2. The van der Waals surface area contributed by atoms with Crippen molar-refractivity contribution in [3.63, 3.8) is 0 Å². The van der Waals surface area contributed by atoms with Gasteiger partial charge in [-0.3, -0.25) is 14.4 Å². The van der Waals surface area contributed by atoms with Gasteiger partial charge in [-0.25, -0.2) is 0 Å². The van der Waals surface area contributed by atoms with E-state index in [4.69, 9.17) is 5.11 Å². The van der Waals surface area contributed by atoms with Gasteiger partial charge in [-0.05, 0) is 62.1 Å². The van der Waals surface area contributed by atoms with Gasteiger partial charge in [0.25, 0.3) is 0 Å². The van der Waals surface area contributed by atoms with Gasteiger partial charge in [-0.1, -0.05) is 12.1 Å². The summed E-state index contributed by atoms with van der Waals surface area (Å²) in [7, 11) is 0. The zero-order valence-electron chi connectivity index (χ0n) is 15.2. The lowest BCUT2D eigenvalue weighted by atomic mass is 9.96. The number of aryl methyl sites for hydroxylation is 2. The number of piperidine rings is 1. The minimum Gasteiger partial charge on any atom is -0.481 e. The van der Waals surface area contributed by atoms with Gasteiger partial charge in [-0.2, -0.15) is 0 Å². The number of carboxylic acid groups (broad SMARTS) is 1. The molecule has 0 saturated carbocycles. The molecule has 0 bridgehead atoms. The Hall–Kier alpha value is -2.17. The fourth-order valence-electron chi connectivity index (χ4n) is 4.17. The highest BCUT2D eigenvalue weighted by Crippen LogP contribution is 2.25. The normalized spacial score (nSPS) is 19.2. The first kappa shape index (κ1) is 18.6. The SMILES string of the molecule is O=C(O)CCC1CCCCN1C(=O)CCC(=O)c1ccc2c(c1)CCC2. The van der Waals surface area contributed by atoms with Gasteiger partial charge in [0.15, 0.2) is 5.78 Å². The highest BCUT2D eigenvalue weighted by molar-refractivity contribution is 5.98. The number of carbonyl (C=O) groups is 3. The van der Waals surface area contributed by atoms with E-state index in [0.29, 0.717) is 18.5 Å². The molecule has 1 aliphatic carbocycles. The number of fused-ring (bicyclic) bond motifs is 1. The van der Waals surface area contributed by atoms with E-state index in [2.05, 4.69) is 0 Å². The molecule has 0 radical (unpaired) electrons. The number of benzene rings is 1. The lowest BCUT2D eigenvalue weighted by Gasteiger charge is -2.35. The first-order chi connectivity index (χ1) is 12.5. The molecule has 1 amide bonds. The van der Waals surface area contributed by atoms with Crippen LogP contribution in [0.5, 0.6) is 0 Å². The molecular weight excluding hydrogens is 330 g/mol. The first-order valence-corrected chi connectivity index (χ1v) is 9.71. The van der Waals surface area contributed by atoms with Crippen molar-refractivity contribution in [1.29, 1.82) is 0 Å². The van der Waals surface area contributed by atoms with Crippen LogP contribution in [-0.2, 0) is 22.4 Å². The summed E-state index contributed by atoms with van der Waals surface area (Å²) in [4.78, 5) is 37.7. The molecule has 2 aliphatic rings. The monoisotopic (exact) mass is 357 g/mol. The molecule has 5 nitrogen and oxygen atoms in total. The molecule has 1 fully saturated rings. The number of hydrogen-bond acceptors (Lipinski definition) is 3. The third-order valence-electron chi connectivity index (χ3n) is 5.63. The summed E-state index contributed by atoms with van der Waals surface area (Å²) in [6, 6.07) is 5.92. The highest BCUT2D eigenvalue weighted by atomic mass is 16.4. The summed E-state index contributed by atoms with van der Waals surface area (Å²) < 4.78 is 0. The topological polar surface area (TPSA) is 74.7 Å². The predicted octanol–water partition coefficient (Wildman–Crippen LogP) is 3.38. The molecule has 26 heavy (non-hydrogen) atoms. The molecule has 0 spiro atoms. The molecule has 1 heterocycles. The third kappa shape index (κ3) is 4.51. The Bertz CT molecular complexity index is 697. The van der Waals surface area contributed by atoms with Crippen LogP contribution in [0.25, 0.3) is 0 Å². The van der Waals surface area contributed by atoms with Gasteiger partial charge in [0.05, 0.1) is 0 Å². The Labute approximate surface area is 154 Å². The van der Waals surface area contributed by atoms with Crippen molar-refractivity contribution in [3.8, 4) is 0 Å². The zero-order chi connectivity index (χ0) is 18.5. The largest absolute Gasteiger partial charge is 0.481 e. The van der Waals surface area contributed by atoms with Crippen LogP contribution in [0.2, 0.25) is 0 Å². The minimum absolute atomic E-state index is 0.00227. The lowest BCUT2D eigenvalue weighted by molar-refractivity contribution is -0.140. The van der Waals surface area contributed by atoms with E-state index in [0.717, 1.165) is 38.5 Å². The highest BCUT2D eigenvalue weighted by Gasteiger charge is 2.27. The van der Waals surface area contributed by atoms with Crippen LogP contribution in [0.15, 0.2) is 18.2 Å². The molecule has 140 valence electrons. The Morgan fingerprint density at radius 1 is 1.00 bits per heavy atom. The van der Waals surface area contributed by atoms with Crippen molar-refractivity contribution in [2.24, 2.45) is 0 Å². The number of amides is 1. The molecule has 1 aliphatic heterocycles. The number of carboxylic acids is 1. The average Bonchev–Trinajstić information content (AvgIpc) is 3.12. The van der Waals surface area contributed by atoms with Crippen molar-refractivity contribution in [3.05, 3.63) is 34.9 Å². The molecule has 5 heteroatoms. The number of Topliss-reactive ketones (excluding diaryl/α,β-unsaturated/α-hetero) is 1. The van der Waals surface area contributed by atoms with Gasteiger partial charge in [-0.15, -0.1) is 0 Å². The number of likely N-dealkylation sites (tertiary alicyclic amines) is 1. The fraction of sp³-hybridized carbons (Fsp3) is 0.571. The van der Waals surface area contributed by atoms with Gasteiger partial charge in [0, 0.05) is 37.4 Å². The smallest absolute Gasteiger partial charge is 0.303 e. The number of rotatable bonds is 7. The molecule has 1 N–H and O–H groups in total. The second-order valence-electron chi connectivity index (χ2n) is 7.43. The Kier molecular flexibility index (Phi) is 6.07. The first-order valence-electron chi connectivity index (χ1n) is 9.71. The van der Waals surface area contributed by atoms with Gasteiger partial charge >= 0.3 is 5.97 Å². The van der Waals surface area contributed by atoms with Crippen LogP contribution < -0.4 is 0 Å². The maximum Gasteiger partial charge on any atom is 0.303 e. The second-order valence-corrected chi connectivity index (χ2v) is 7.43. The fourth-order valence-corrected chi connectivity index (χ4v) is 4.17. The minimum atomic E-state index is -0.824. The standard InChI is InChI=1S/C21H27NO4/c23-19(17-8-7-15-4-3-5-16(15)14-17)10-11-20(24)22-13-2-1-6-18(22)9-12-21(25)26/h7-8,14,18H,1-6,9-13H2,(H,25,26). The molecule has 1 saturated heterocycles. The number of aliphatic carboxylic acids is 1. The van der Waals surface area contributed by atoms with Crippen LogP contribution in [0.3, 0.4) is 0 Å². The summed E-state index contributed by atoms with van der Waals surface area (Å²) in [5.41, 5.74) is 3.32. The van der Waals surface area contributed by atoms with E-state index in [1.54, 1.807) is 0 Å². The molecule has 0 aromatic heterocycles. The predicted molar refractivity (Wildman–Crippen MR) is 98.3 cm³/mol. The lowest BCUT2D eigenvalue weighted by Crippen LogP contribution is -2.44. The Morgan fingerprint density at radius 2 is 1.81 bits per heavy atom. The van der Waals surface area contributed by atoms with Gasteiger partial charge in [0.2, 0.25) is 5.91 Å². The van der Waals surface area contributed by atoms with Crippen molar-refractivity contribution in [2.75, 3.05) is 6.54 Å². The summed E-state index contributed by atoms with van der Waals surface area (Å²) in [6.45, 7) is 0.677. The molecule has 3 rings (SSSR count). The maximum absolute atomic E-state index is 12.6. The molecule has 1 aromatic rings. The van der Waals surface area contributed by atoms with E-state index in [1.165, 1.54) is 11.1 Å². The van der Waals surface area contributed by atoms with Gasteiger partial charge in [0.1, 0.15) is 0 Å². The molecule has 1 aromatic carbocycles. The number of nitrogens with zero attached hydrogens (tertiary/aromatic N) is 1. The van der Waals surface area contributed by atoms with Gasteiger partial charge < -0.3 is 10.0 Å². The van der Waals surface area contributed by atoms with Crippen LogP contribution in [0, 0.1) is 0 Å². The van der Waals surface area contributed by atoms with E-state index in [9.17, 15) is 14.4 Å². The number of hydrogen-bond donors (Lipinski definition) is 1. The summed E-state index contributed by atoms with van der Waals surface area (Å²) in [5, 5.41) is 8.89. The van der Waals surface area contributed by atoms with Crippen molar-refractivity contribution in [1.82, 2.24) is 4.90 Å². The van der Waals surface area contributed by atoms with Crippen LogP contribution in [-0.4, -0.2) is 40.3 Å². The van der Waals surface area contributed by atoms with E-state index in [-0.39, 0.29) is 37.0 Å². The summed E-state index contributed by atoms with van der Waals surface area (Å²) in [6.07, 6.45) is 7.14. The maximum atomic E-state index is 12.6. The van der Waals surface area contributed by atoms with Crippen molar-refractivity contribution in [2.45, 2.75) is 70.3 Å². The van der Waals surface area contributed by atoms with E-state index < -0.39 is 5.97 Å². The van der Waals surface area contributed by atoms with Crippen LogP contribution in [0.4, 0.5) is 0 Å². The van der Waals surface area contributed by atoms with Crippen LogP contribution in [0.1, 0.15) is 72.9 Å².